The van der Waals surface area contributed by atoms with Crippen molar-refractivity contribution in [3.63, 3.8) is 0 Å². The Balaban J connectivity index is 1.63. The lowest BCUT2D eigenvalue weighted by Gasteiger charge is -2.27. The van der Waals surface area contributed by atoms with Gasteiger partial charge in [0.25, 0.3) is 10.0 Å². The highest BCUT2D eigenvalue weighted by molar-refractivity contribution is 7.93. The summed E-state index contributed by atoms with van der Waals surface area (Å²) in [5.74, 6) is -1.67. The van der Waals surface area contributed by atoms with Crippen LogP contribution >= 0.6 is 0 Å². The minimum absolute atomic E-state index is 0.0668. The zero-order chi connectivity index (χ0) is 29.7. The van der Waals surface area contributed by atoms with Gasteiger partial charge in [0.05, 0.1) is 28.1 Å². The minimum atomic E-state index is -4.69. The number of nitrogens with zero attached hydrogens (tertiary/aromatic N) is 4. The summed E-state index contributed by atoms with van der Waals surface area (Å²) in [5.41, 5.74) is 3.74. The molecule has 8 nitrogen and oxygen atoms in total. The van der Waals surface area contributed by atoms with E-state index in [0.717, 1.165) is 27.0 Å². The van der Waals surface area contributed by atoms with E-state index in [1.807, 2.05) is 26.0 Å². The van der Waals surface area contributed by atoms with Gasteiger partial charge in [-0.05, 0) is 85.7 Å². The summed E-state index contributed by atoms with van der Waals surface area (Å²) in [7, 11) is -4.35. The third-order valence-electron chi connectivity index (χ3n) is 7.71. The molecule has 0 aliphatic carbocycles. The molecule has 4 aromatic rings. The van der Waals surface area contributed by atoms with Gasteiger partial charge in [-0.15, -0.1) is 5.10 Å². The van der Waals surface area contributed by atoms with Gasteiger partial charge >= 0.3 is 12.1 Å². The summed E-state index contributed by atoms with van der Waals surface area (Å²) in [6.45, 7) is 6.20. The zero-order valence-corrected chi connectivity index (χ0v) is 23.6. The van der Waals surface area contributed by atoms with Crippen LogP contribution in [0.1, 0.15) is 59.1 Å². The van der Waals surface area contributed by atoms with E-state index in [0.29, 0.717) is 53.3 Å². The SMILES string of the molecule is CCn1nnc2c(C)c(C(CC(=O)O)c3ccc(C)c(N4CCCc5ccc(C(F)(F)F)cc5S4(=O)=O)c3)ccc21. The van der Waals surface area contributed by atoms with Crippen molar-refractivity contribution in [1.82, 2.24) is 15.0 Å². The molecule has 1 aliphatic heterocycles. The first kappa shape index (κ1) is 28.6. The van der Waals surface area contributed by atoms with Gasteiger partial charge in [-0.1, -0.05) is 29.5 Å². The number of carboxylic acids is 1. The van der Waals surface area contributed by atoms with Crippen molar-refractivity contribution < 1.29 is 31.5 Å². The molecule has 1 aliphatic rings. The molecule has 216 valence electrons. The Morgan fingerprint density at radius 1 is 1.10 bits per heavy atom. The monoisotopic (exact) mass is 586 g/mol. The van der Waals surface area contributed by atoms with E-state index in [-0.39, 0.29) is 17.9 Å². The molecular weight excluding hydrogens is 557 g/mol. The standard InChI is InChI=1S/C29H29F3N4O4S/c1-4-35-24-12-11-22(18(3)28(24)33-34-35)23(16-27(37)38)20-8-7-17(2)25(14-20)36-13-5-6-19-9-10-21(29(30,31)32)15-26(19)41(36,39)40/h7-12,14-15,23H,4-6,13,16H2,1-3H3,(H,37,38). The van der Waals surface area contributed by atoms with Crippen LogP contribution in [0.3, 0.4) is 0 Å². The Morgan fingerprint density at radius 3 is 2.54 bits per heavy atom. The first-order valence-electron chi connectivity index (χ1n) is 13.2. The normalized spacial score (nSPS) is 15.9. The number of aryl methyl sites for hydroxylation is 4. The van der Waals surface area contributed by atoms with Gasteiger partial charge < -0.3 is 5.11 Å². The van der Waals surface area contributed by atoms with Crippen molar-refractivity contribution in [2.24, 2.45) is 0 Å². The number of aromatic nitrogens is 3. The van der Waals surface area contributed by atoms with Crippen molar-refractivity contribution >= 4 is 32.7 Å². The molecule has 0 saturated carbocycles. The maximum atomic E-state index is 13.9. The number of hydrogen-bond acceptors (Lipinski definition) is 5. The highest BCUT2D eigenvalue weighted by Crippen LogP contribution is 2.39. The predicted molar refractivity (Wildman–Crippen MR) is 148 cm³/mol. The largest absolute Gasteiger partial charge is 0.481 e. The van der Waals surface area contributed by atoms with Crippen LogP contribution in [-0.4, -0.2) is 41.0 Å². The summed E-state index contributed by atoms with van der Waals surface area (Å²) < 4.78 is 71.1. The molecule has 0 radical (unpaired) electrons. The van der Waals surface area contributed by atoms with Gasteiger partial charge in [-0.2, -0.15) is 13.2 Å². The van der Waals surface area contributed by atoms with Gasteiger partial charge in [0.15, 0.2) is 0 Å². The van der Waals surface area contributed by atoms with Crippen LogP contribution in [-0.2, 0) is 34.0 Å². The number of alkyl halides is 3. The second kappa shape index (κ2) is 10.5. The smallest absolute Gasteiger partial charge is 0.416 e. The second-order valence-electron chi connectivity index (χ2n) is 10.3. The van der Waals surface area contributed by atoms with Gasteiger partial charge in [0.2, 0.25) is 0 Å². The van der Waals surface area contributed by atoms with Gasteiger partial charge in [-0.3, -0.25) is 9.10 Å². The summed E-state index contributed by atoms with van der Waals surface area (Å²) in [5, 5.41) is 18.3. The molecule has 1 N–H and O–H groups in total. The van der Waals surface area contributed by atoms with Crippen molar-refractivity contribution in [1.29, 1.82) is 0 Å². The lowest BCUT2D eigenvalue weighted by Crippen LogP contribution is -2.32. The summed E-state index contributed by atoms with van der Waals surface area (Å²) in [4.78, 5) is 11.6. The molecule has 1 unspecified atom stereocenters. The average molecular weight is 587 g/mol. The Bertz CT molecular complexity index is 1770. The highest BCUT2D eigenvalue weighted by Gasteiger charge is 2.36. The number of rotatable bonds is 6. The molecule has 3 aromatic carbocycles. The maximum Gasteiger partial charge on any atom is 0.416 e. The second-order valence-corrected chi connectivity index (χ2v) is 12.1. The van der Waals surface area contributed by atoms with Crippen LogP contribution in [0.2, 0.25) is 0 Å². The Hall–Kier alpha value is -3.93. The van der Waals surface area contributed by atoms with Crippen LogP contribution in [0, 0.1) is 13.8 Å². The fraction of sp³-hybridized carbons (Fsp3) is 0.345. The van der Waals surface area contributed by atoms with Crippen molar-refractivity contribution in [2.45, 2.75) is 63.6 Å². The first-order valence-corrected chi connectivity index (χ1v) is 14.6. The minimum Gasteiger partial charge on any atom is -0.481 e. The van der Waals surface area contributed by atoms with Crippen molar-refractivity contribution in [3.05, 3.63) is 81.9 Å². The molecule has 0 fully saturated rings. The number of sulfonamides is 1. The Labute approximate surface area is 235 Å². The molecule has 1 atom stereocenters. The summed E-state index contributed by atoms with van der Waals surface area (Å²) in [6, 6.07) is 11.7. The van der Waals surface area contributed by atoms with Crippen LogP contribution < -0.4 is 4.31 Å². The van der Waals surface area contributed by atoms with Crippen LogP contribution in [0.5, 0.6) is 0 Å². The summed E-state index contributed by atoms with van der Waals surface area (Å²) in [6.07, 6.45) is -4.24. The molecule has 5 rings (SSSR count). The molecule has 2 heterocycles. The Morgan fingerprint density at radius 2 is 1.85 bits per heavy atom. The van der Waals surface area contributed by atoms with Crippen molar-refractivity contribution in [2.75, 3.05) is 10.8 Å². The lowest BCUT2D eigenvalue weighted by molar-refractivity contribution is -0.138. The van der Waals surface area contributed by atoms with E-state index < -0.39 is 33.7 Å². The van der Waals surface area contributed by atoms with E-state index in [9.17, 15) is 31.5 Å². The van der Waals surface area contributed by atoms with Gasteiger partial charge in [0, 0.05) is 19.0 Å². The van der Waals surface area contributed by atoms with Crippen LogP contribution in [0.25, 0.3) is 11.0 Å². The molecule has 0 amide bonds. The molecule has 0 spiro atoms. The molecule has 1 aromatic heterocycles. The van der Waals surface area contributed by atoms with E-state index >= 15 is 0 Å². The van der Waals surface area contributed by atoms with E-state index in [4.69, 9.17) is 0 Å². The van der Waals surface area contributed by atoms with E-state index in [2.05, 4.69) is 10.3 Å². The quantitative estimate of drug-likeness (QED) is 0.305. The number of hydrogen-bond donors (Lipinski definition) is 1. The number of halogens is 3. The molecular formula is C29H29F3N4O4S. The molecule has 12 heteroatoms. The molecule has 0 saturated heterocycles. The first-order chi connectivity index (χ1) is 19.3. The Kier molecular flexibility index (Phi) is 7.31. The average Bonchev–Trinajstić information content (AvgIpc) is 3.29. The van der Waals surface area contributed by atoms with Gasteiger partial charge in [-0.25, -0.2) is 13.1 Å². The fourth-order valence-electron chi connectivity index (χ4n) is 5.57. The fourth-order valence-corrected chi connectivity index (χ4v) is 7.41. The number of anilines is 1. The number of carboxylic acid groups (broad SMARTS) is 1. The van der Waals surface area contributed by atoms with E-state index in [1.165, 1.54) is 6.07 Å². The topological polar surface area (TPSA) is 105 Å². The number of benzene rings is 3. The third kappa shape index (κ3) is 5.16. The van der Waals surface area contributed by atoms with Crippen molar-refractivity contribution in [3.8, 4) is 0 Å². The highest BCUT2D eigenvalue weighted by atomic mass is 32.2. The third-order valence-corrected chi connectivity index (χ3v) is 9.61. The van der Waals surface area contributed by atoms with Gasteiger partial charge in [0.1, 0.15) is 5.52 Å². The summed E-state index contributed by atoms with van der Waals surface area (Å²) >= 11 is 0. The molecule has 0 bridgehead atoms. The predicted octanol–water partition coefficient (Wildman–Crippen LogP) is 5.83. The van der Waals surface area contributed by atoms with E-state index in [1.54, 1.807) is 29.8 Å². The number of carbonyl (C=O) groups is 1. The number of fused-ring (bicyclic) bond motifs is 2. The van der Waals surface area contributed by atoms with Crippen LogP contribution in [0.4, 0.5) is 18.9 Å². The lowest BCUT2D eigenvalue weighted by atomic mass is 9.85. The zero-order valence-electron chi connectivity index (χ0n) is 22.7. The molecule has 41 heavy (non-hydrogen) atoms. The van der Waals surface area contributed by atoms with Crippen LogP contribution in [0.15, 0.2) is 53.4 Å². The number of aliphatic carboxylic acids is 1. The maximum absolute atomic E-state index is 13.9.